The molecule has 1 rings (SSSR count). The molecule has 5 nitrogen and oxygen atoms in total. The predicted octanol–water partition coefficient (Wildman–Crippen LogP) is 1.51. The largest absolute Gasteiger partial charge is 0.467 e. The second-order valence-corrected chi connectivity index (χ2v) is 5.51. The molecular formula is C14H25NO4. The van der Waals surface area contributed by atoms with E-state index in [9.17, 15) is 9.59 Å². The van der Waals surface area contributed by atoms with Gasteiger partial charge in [-0.05, 0) is 25.7 Å². The van der Waals surface area contributed by atoms with E-state index < -0.39 is 5.54 Å². The van der Waals surface area contributed by atoms with Crippen molar-refractivity contribution in [1.29, 1.82) is 0 Å². The number of carbonyl (C=O) groups excluding carboxylic acids is 2. The van der Waals surface area contributed by atoms with Crippen LogP contribution in [0.2, 0.25) is 0 Å². The zero-order valence-electron chi connectivity index (χ0n) is 12.3. The molecule has 0 bridgehead atoms. The molecule has 1 heterocycles. The second kappa shape index (κ2) is 6.89. The number of methoxy groups -OCH3 is 1. The topological polar surface area (TPSA) is 64.6 Å². The van der Waals surface area contributed by atoms with Gasteiger partial charge in [0.05, 0.1) is 7.11 Å². The zero-order chi connectivity index (χ0) is 14.5. The Morgan fingerprint density at radius 2 is 2.16 bits per heavy atom. The Kier molecular flexibility index (Phi) is 5.79. The SMILES string of the molecule is CCCC(C)(NC(=O)C1CCOCC1C)C(=O)OC. The van der Waals surface area contributed by atoms with Crippen LogP contribution in [0, 0.1) is 11.8 Å². The Labute approximate surface area is 115 Å². The van der Waals surface area contributed by atoms with Gasteiger partial charge in [0.25, 0.3) is 0 Å². The summed E-state index contributed by atoms with van der Waals surface area (Å²) in [7, 11) is 1.35. The lowest BCUT2D eigenvalue weighted by Crippen LogP contribution is -2.55. The van der Waals surface area contributed by atoms with Gasteiger partial charge < -0.3 is 14.8 Å². The number of amides is 1. The van der Waals surface area contributed by atoms with E-state index in [4.69, 9.17) is 9.47 Å². The fourth-order valence-electron chi connectivity index (χ4n) is 2.58. The smallest absolute Gasteiger partial charge is 0.331 e. The molecule has 1 N–H and O–H groups in total. The van der Waals surface area contributed by atoms with Crippen LogP contribution < -0.4 is 5.32 Å². The third-order valence-corrected chi connectivity index (χ3v) is 3.76. The third-order valence-electron chi connectivity index (χ3n) is 3.76. The van der Waals surface area contributed by atoms with Crippen LogP contribution in [0.15, 0.2) is 0 Å². The first-order valence-electron chi connectivity index (χ1n) is 6.92. The first-order valence-corrected chi connectivity index (χ1v) is 6.92. The van der Waals surface area contributed by atoms with E-state index in [1.807, 2.05) is 13.8 Å². The molecule has 1 aliphatic rings. The van der Waals surface area contributed by atoms with Crippen LogP contribution in [0.25, 0.3) is 0 Å². The molecule has 0 aliphatic carbocycles. The van der Waals surface area contributed by atoms with E-state index in [0.29, 0.717) is 26.1 Å². The number of rotatable bonds is 5. The van der Waals surface area contributed by atoms with Crippen molar-refractivity contribution in [3.8, 4) is 0 Å². The summed E-state index contributed by atoms with van der Waals surface area (Å²) in [6, 6.07) is 0. The highest BCUT2D eigenvalue weighted by molar-refractivity contribution is 5.88. The van der Waals surface area contributed by atoms with Crippen LogP contribution in [-0.2, 0) is 19.1 Å². The fraction of sp³-hybridized carbons (Fsp3) is 0.857. The van der Waals surface area contributed by atoms with Crippen LogP contribution in [0.3, 0.4) is 0 Å². The second-order valence-electron chi connectivity index (χ2n) is 5.51. The molecule has 19 heavy (non-hydrogen) atoms. The van der Waals surface area contributed by atoms with Crippen molar-refractivity contribution in [3.05, 3.63) is 0 Å². The van der Waals surface area contributed by atoms with E-state index in [1.165, 1.54) is 7.11 Å². The minimum absolute atomic E-state index is 0.0721. The van der Waals surface area contributed by atoms with Crippen molar-refractivity contribution in [3.63, 3.8) is 0 Å². The number of hydrogen-bond donors (Lipinski definition) is 1. The molecule has 0 spiro atoms. The maximum absolute atomic E-state index is 12.3. The summed E-state index contributed by atoms with van der Waals surface area (Å²) in [5.74, 6) is -0.369. The first kappa shape index (κ1) is 16.0. The summed E-state index contributed by atoms with van der Waals surface area (Å²) >= 11 is 0. The van der Waals surface area contributed by atoms with Crippen LogP contribution in [0.4, 0.5) is 0 Å². The lowest BCUT2D eigenvalue weighted by molar-refractivity contribution is -0.152. The van der Waals surface area contributed by atoms with Crippen molar-refractivity contribution in [2.45, 2.75) is 45.6 Å². The van der Waals surface area contributed by atoms with Gasteiger partial charge >= 0.3 is 5.97 Å². The summed E-state index contributed by atoms with van der Waals surface area (Å²) < 4.78 is 10.1. The molecule has 3 unspecified atom stereocenters. The van der Waals surface area contributed by atoms with Crippen molar-refractivity contribution in [2.24, 2.45) is 11.8 Å². The Balaban J connectivity index is 2.72. The predicted molar refractivity (Wildman–Crippen MR) is 71.6 cm³/mol. The van der Waals surface area contributed by atoms with Gasteiger partial charge in [-0.25, -0.2) is 4.79 Å². The average molecular weight is 271 g/mol. The fourth-order valence-corrected chi connectivity index (χ4v) is 2.58. The Hall–Kier alpha value is -1.10. The molecule has 1 amide bonds. The molecular weight excluding hydrogens is 246 g/mol. The van der Waals surface area contributed by atoms with E-state index in [1.54, 1.807) is 6.92 Å². The zero-order valence-corrected chi connectivity index (χ0v) is 12.3. The van der Waals surface area contributed by atoms with Gasteiger partial charge in [-0.15, -0.1) is 0 Å². The molecule has 110 valence electrons. The monoisotopic (exact) mass is 271 g/mol. The van der Waals surface area contributed by atoms with Gasteiger partial charge in [-0.2, -0.15) is 0 Å². The highest BCUT2D eigenvalue weighted by Gasteiger charge is 2.38. The van der Waals surface area contributed by atoms with Gasteiger partial charge in [-0.1, -0.05) is 20.3 Å². The first-order chi connectivity index (χ1) is 8.94. The minimum atomic E-state index is -0.932. The quantitative estimate of drug-likeness (QED) is 0.770. The van der Waals surface area contributed by atoms with Gasteiger partial charge in [-0.3, -0.25) is 4.79 Å². The molecule has 0 aromatic heterocycles. The Bertz CT molecular complexity index is 331. The molecule has 1 fully saturated rings. The number of nitrogens with one attached hydrogen (secondary N) is 1. The van der Waals surface area contributed by atoms with Crippen molar-refractivity contribution < 1.29 is 19.1 Å². The Morgan fingerprint density at radius 1 is 1.47 bits per heavy atom. The Morgan fingerprint density at radius 3 is 2.68 bits per heavy atom. The maximum atomic E-state index is 12.3. The number of carbonyl (C=O) groups is 2. The molecule has 0 aromatic carbocycles. The summed E-state index contributed by atoms with van der Waals surface area (Å²) in [6.45, 7) is 6.90. The summed E-state index contributed by atoms with van der Waals surface area (Å²) in [5, 5.41) is 2.88. The van der Waals surface area contributed by atoms with E-state index in [0.717, 1.165) is 6.42 Å². The molecule has 1 saturated heterocycles. The van der Waals surface area contributed by atoms with Crippen LogP contribution in [-0.4, -0.2) is 37.7 Å². The van der Waals surface area contributed by atoms with Gasteiger partial charge in [0.1, 0.15) is 5.54 Å². The third kappa shape index (κ3) is 3.93. The van der Waals surface area contributed by atoms with Crippen molar-refractivity contribution >= 4 is 11.9 Å². The molecule has 0 aromatic rings. The number of ether oxygens (including phenoxy) is 2. The normalized spacial score (nSPS) is 26.3. The summed E-state index contributed by atoms with van der Waals surface area (Å²) in [6.07, 6.45) is 2.08. The van der Waals surface area contributed by atoms with E-state index in [-0.39, 0.29) is 23.7 Å². The standard InChI is InChI=1S/C14H25NO4/c1-5-7-14(3,13(17)18-4)15-12(16)11-6-8-19-9-10(11)2/h10-11H,5-9H2,1-4H3,(H,15,16). The highest BCUT2D eigenvalue weighted by atomic mass is 16.5. The van der Waals surface area contributed by atoms with E-state index >= 15 is 0 Å². The summed E-state index contributed by atoms with van der Waals surface area (Å²) in [5.41, 5.74) is -0.932. The summed E-state index contributed by atoms with van der Waals surface area (Å²) in [4.78, 5) is 24.2. The lowest BCUT2D eigenvalue weighted by atomic mass is 9.87. The average Bonchev–Trinajstić information content (AvgIpc) is 2.38. The molecule has 5 heteroatoms. The number of esters is 1. The lowest BCUT2D eigenvalue weighted by Gasteiger charge is -2.33. The molecule has 3 atom stereocenters. The van der Waals surface area contributed by atoms with Gasteiger partial charge in [0.2, 0.25) is 5.91 Å². The molecule has 0 radical (unpaired) electrons. The van der Waals surface area contributed by atoms with Crippen molar-refractivity contribution in [2.75, 3.05) is 20.3 Å². The minimum Gasteiger partial charge on any atom is -0.467 e. The van der Waals surface area contributed by atoms with Crippen LogP contribution >= 0.6 is 0 Å². The van der Waals surface area contributed by atoms with Crippen LogP contribution in [0.5, 0.6) is 0 Å². The molecule has 0 saturated carbocycles. The van der Waals surface area contributed by atoms with Gasteiger partial charge in [0, 0.05) is 19.1 Å². The highest BCUT2D eigenvalue weighted by Crippen LogP contribution is 2.23. The van der Waals surface area contributed by atoms with E-state index in [2.05, 4.69) is 5.32 Å². The van der Waals surface area contributed by atoms with Crippen LogP contribution in [0.1, 0.15) is 40.0 Å². The maximum Gasteiger partial charge on any atom is 0.331 e. The number of hydrogen-bond acceptors (Lipinski definition) is 4. The van der Waals surface area contributed by atoms with Crippen molar-refractivity contribution in [1.82, 2.24) is 5.32 Å². The van der Waals surface area contributed by atoms with Gasteiger partial charge in [0.15, 0.2) is 0 Å². The molecule has 1 aliphatic heterocycles.